The van der Waals surface area contributed by atoms with Crippen molar-refractivity contribution in [2.75, 3.05) is 13.6 Å². The predicted molar refractivity (Wildman–Crippen MR) is 33.1 cm³/mol. The predicted octanol–water partition coefficient (Wildman–Crippen LogP) is -0.968. The molecule has 1 saturated heterocycles. The molecule has 0 aromatic rings. The monoisotopic (exact) mass is 149 g/mol. The van der Waals surface area contributed by atoms with Gasteiger partial charge in [-0.3, -0.25) is 4.21 Å². The number of hydrogen-bond acceptors (Lipinski definition) is 3. The van der Waals surface area contributed by atoms with Crippen molar-refractivity contribution >= 4 is 11.3 Å². The van der Waals surface area contributed by atoms with Crippen LogP contribution in [0.1, 0.15) is 6.42 Å². The van der Waals surface area contributed by atoms with Crippen molar-refractivity contribution < 1.29 is 8.76 Å². The number of rotatable bonds is 2. The van der Waals surface area contributed by atoms with E-state index in [-0.39, 0.29) is 6.17 Å². The fraction of sp³-hybridized carbons (Fsp3) is 1.00. The molecule has 1 fully saturated rings. The molecule has 4 nitrogen and oxygen atoms in total. The summed E-state index contributed by atoms with van der Waals surface area (Å²) in [5.74, 6) is 0. The fourth-order valence-electron chi connectivity index (χ4n) is 0.830. The van der Waals surface area contributed by atoms with Gasteiger partial charge in [-0.15, -0.1) is 0 Å². The third-order valence-corrected chi connectivity index (χ3v) is 2.32. The number of hydrogen-bond donors (Lipinski definition) is 1. The Labute approximate surface area is 56.7 Å². The Morgan fingerprint density at radius 3 is 2.67 bits per heavy atom. The van der Waals surface area contributed by atoms with Gasteiger partial charge in [0.05, 0.1) is 6.17 Å². The molecule has 0 amide bonds. The van der Waals surface area contributed by atoms with Crippen LogP contribution in [-0.2, 0) is 11.3 Å². The minimum atomic E-state index is -2.03. The highest BCUT2D eigenvalue weighted by Gasteiger charge is 2.26. The molecule has 0 bridgehead atoms. The van der Waals surface area contributed by atoms with Crippen molar-refractivity contribution in [3.8, 4) is 0 Å². The van der Waals surface area contributed by atoms with Gasteiger partial charge in [0.15, 0.2) is 0 Å². The van der Waals surface area contributed by atoms with Crippen molar-refractivity contribution in [2.24, 2.45) is 0 Å². The Bertz CT molecular complexity index is 128. The summed E-state index contributed by atoms with van der Waals surface area (Å²) >= 11 is -2.03. The largest absolute Gasteiger partial charge is 0.760 e. The zero-order valence-corrected chi connectivity index (χ0v) is 5.98. The zero-order valence-electron chi connectivity index (χ0n) is 5.16. The molecular weight excluding hydrogens is 140 g/mol. The lowest BCUT2D eigenvalue weighted by molar-refractivity contribution is 0.167. The van der Waals surface area contributed by atoms with Crippen LogP contribution in [0.4, 0.5) is 0 Å². The topological polar surface area (TPSA) is 55.4 Å². The first kappa shape index (κ1) is 7.14. The second-order valence-corrected chi connectivity index (χ2v) is 2.85. The number of nitrogens with one attached hydrogen (secondary N) is 1. The zero-order chi connectivity index (χ0) is 6.85. The summed E-state index contributed by atoms with van der Waals surface area (Å²) in [6.07, 6.45) is 0.966. The molecule has 1 aliphatic rings. The molecule has 1 aliphatic heterocycles. The van der Waals surface area contributed by atoms with Gasteiger partial charge in [0.2, 0.25) is 0 Å². The average Bonchev–Trinajstić information content (AvgIpc) is 1.61. The van der Waals surface area contributed by atoms with Crippen LogP contribution in [-0.4, -0.2) is 32.8 Å². The highest BCUT2D eigenvalue weighted by Crippen LogP contribution is 2.14. The van der Waals surface area contributed by atoms with Gasteiger partial charge in [-0.1, -0.05) is 0 Å². The van der Waals surface area contributed by atoms with E-state index in [1.54, 1.807) is 7.05 Å². The lowest BCUT2D eigenvalue weighted by Crippen LogP contribution is -2.55. The molecule has 0 radical (unpaired) electrons. The Kier molecular flexibility index (Phi) is 2.18. The van der Waals surface area contributed by atoms with Gasteiger partial charge in [-0.05, 0) is 13.5 Å². The van der Waals surface area contributed by atoms with E-state index in [1.165, 1.54) is 4.31 Å². The van der Waals surface area contributed by atoms with Crippen LogP contribution >= 0.6 is 0 Å². The summed E-state index contributed by atoms with van der Waals surface area (Å²) in [6, 6.07) is 0. The molecule has 5 heteroatoms. The summed E-state index contributed by atoms with van der Waals surface area (Å²) in [6.45, 7) is 0.654. The van der Waals surface area contributed by atoms with Crippen LogP contribution in [0, 0.1) is 0 Å². The molecule has 54 valence electrons. The molecule has 1 rings (SSSR count). The molecule has 2 atom stereocenters. The molecule has 0 saturated carbocycles. The lowest BCUT2D eigenvalue weighted by Gasteiger charge is -2.40. The van der Waals surface area contributed by atoms with Crippen LogP contribution in [0.2, 0.25) is 0 Å². The Hall–Kier alpha value is 0.0300. The SMILES string of the molecule is CNC1CCN1S(=O)[O-]. The van der Waals surface area contributed by atoms with E-state index in [0.29, 0.717) is 6.54 Å². The van der Waals surface area contributed by atoms with Crippen molar-refractivity contribution in [3.63, 3.8) is 0 Å². The first-order chi connectivity index (χ1) is 4.25. The lowest BCUT2D eigenvalue weighted by atomic mass is 10.2. The van der Waals surface area contributed by atoms with Gasteiger partial charge in [-0.25, -0.2) is 4.31 Å². The second-order valence-electron chi connectivity index (χ2n) is 1.95. The second kappa shape index (κ2) is 2.74. The summed E-state index contributed by atoms with van der Waals surface area (Å²) in [5.41, 5.74) is 0. The van der Waals surface area contributed by atoms with E-state index in [2.05, 4.69) is 5.32 Å². The van der Waals surface area contributed by atoms with Crippen LogP contribution in [0.3, 0.4) is 0 Å². The molecule has 0 aromatic heterocycles. The van der Waals surface area contributed by atoms with Crippen molar-refractivity contribution in [2.45, 2.75) is 12.6 Å². The van der Waals surface area contributed by atoms with E-state index in [1.807, 2.05) is 0 Å². The van der Waals surface area contributed by atoms with Gasteiger partial charge in [0, 0.05) is 17.8 Å². The van der Waals surface area contributed by atoms with E-state index < -0.39 is 11.3 Å². The Morgan fingerprint density at radius 1 is 1.89 bits per heavy atom. The van der Waals surface area contributed by atoms with Crippen LogP contribution in [0.25, 0.3) is 0 Å². The summed E-state index contributed by atoms with van der Waals surface area (Å²) in [5, 5.41) is 2.87. The van der Waals surface area contributed by atoms with E-state index >= 15 is 0 Å². The smallest absolute Gasteiger partial charge is 0.0718 e. The van der Waals surface area contributed by atoms with Crippen molar-refractivity contribution in [1.29, 1.82) is 0 Å². The summed E-state index contributed by atoms with van der Waals surface area (Å²) in [4.78, 5) is 0. The molecule has 1 heterocycles. The summed E-state index contributed by atoms with van der Waals surface area (Å²) < 4.78 is 21.8. The van der Waals surface area contributed by atoms with Gasteiger partial charge >= 0.3 is 0 Å². The highest BCUT2D eigenvalue weighted by atomic mass is 32.2. The fourth-order valence-corrected chi connectivity index (χ4v) is 1.50. The molecule has 0 spiro atoms. The first-order valence-electron chi connectivity index (χ1n) is 2.79. The third-order valence-electron chi connectivity index (χ3n) is 1.50. The molecular formula is C4H9N2O2S-. The van der Waals surface area contributed by atoms with Gasteiger partial charge in [0.1, 0.15) is 0 Å². The van der Waals surface area contributed by atoms with Crippen molar-refractivity contribution in [1.82, 2.24) is 9.62 Å². The molecule has 0 aromatic carbocycles. The maximum Gasteiger partial charge on any atom is 0.0718 e. The van der Waals surface area contributed by atoms with E-state index in [0.717, 1.165) is 6.42 Å². The maximum atomic E-state index is 10.2. The standard InChI is InChI=1S/C4H10N2O2S/c1-5-4-2-3-6(4)9(7)8/h4-5H,2-3H2,1H3,(H,7,8)/p-1. The van der Waals surface area contributed by atoms with Gasteiger partial charge in [-0.2, -0.15) is 0 Å². The Morgan fingerprint density at radius 2 is 2.56 bits per heavy atom. The van der Waals surface area contributed by atoms with Crippen LogP contribution in [0.5, 0.6) is 0 Å². The minimum absolute atomic E-state index is 0.0448. The normalized spacial score (nSPS) is 31.6. The van der Waals surface area contributed by atoms with Gasteiger partial charge < -0.3 is 9.87 Å². The third kappa shape index (κ3) is 1.29. The molecule has 2 unspecified atom stereocenters. The molecule has 0 aliphatic carbocycles. The van der Waals surface area contributed by atoms with E-state index in [4.69, 9.17) is 0 Å². The van der Waals surface area contributed by atoms with E-state index in [9.17, 15) is 8.76 Å². The van der Waals surface area contributed by atoms with Gasteiger partial charge in [0.25, 0.3) is 0 Å². The first-order valence-corrected chi connectivity index (χ1v) is 3.82. The average molecular weight is 149 g/mol. The molecule has 9 heavy (non-hydrogen) atoms. The van der Waals surface area contributed by atoms with Crippen LogP contribution < -0.4 is 5.32 Å². The summed E-state index contributed by atoms with van der Waals surface area (Å²) in [7, 11) is 1.75. The Balaban J connectivity index is 2.35. The number of nitrogens with zero attached hydrogens (tertiary/aromatic N) is 1. The van der Waals surface area contributed by atoms with Crippen LogP contribution in [0.15, 0.2) is 0 Å². The quantitative estimate of drug-likeness (QED) is 0.514. The molecule has 1 N–H and O–H groups in total. The maximum absolute atomic E-state index is 10.2. The highest BCUT2D eigenvalue weighted by molar-refractivity contribution is 7.76. The van der Waals surface area contributed by atoms with Crippen molar-refractivity contribution in [3.05, 3.63) is 0 Å². The minimum Gasteiger partial charge on any atom is -0.760 e.